The summed E-state index contributed by atoms with van der Waals surface area (Å²) in [6.07, 6.45) is 1.76. The van der Waals surface area contributed by atoms with Crippen molar-refractivity contribution in [1.82, 2.24) is 0 Å². The van der Waals surface area contributed by atoms with Crippen LogP contribution < -0.4 is 0 Å². The van der Waals surface area contributed by atoms with Gasteiger partial charge >= 0.3 is 0 Å². The first-order chi connectivity index (χ1) is 6.04. The van der Waals surface area contributed by atoms with E-state index >= 15 is 0 Å². The van der Waals surface area contributed by atoms with Crippen LogP contribution in [-0.4, -0.2) is 11.7 Å². The summed E-state index contributed by atoms with van der Waals surface area (Å²) in [7, 11) is 0. The van der Waals surface area contributed by atoms with Gasteiger partial charge in [-0.25, -0.2) is 0 Å². The lowest BCUT2D eigenvalue weighted by molar-refractivity contribution is 0.342. The number of allylic oxidation sites excluding steroid dienone is 2. The third kappa shape index (κ3) is 56.1. The maximum Gasteiger partial charge on any atom is 0.0614 e. The highest BCUT2D eigenvalue weighted by molar-refractivity contribution is 4.91. The zero-order chi connectivity index (χ0) is 11.3. The molecule has 13 heavy (non-hydrogen) atoms. The van der Waals surface area contributed by atoms with Crippen LogP contribution in [0.4, 0.5) is 0 Å². The number of aliphatic hydroxyl groups excluding tert-OH is 1. The van der Waals surface area contributed by atoms with Gasteiger partial charge in [0.1, 0.15) is 0 Å². The molecule has 0 aromatic carbocycles. The molecule has 0 heterocycles. The van der Waals surface area contributed by atoms with E-state index in [0.717, 1.165) is 11.1 Å². The van der Waals surface area contributed by atoms with Gasteiger partial charge in [0.25, 0.3) is 0 Å². The molecule has 1 N–H and O–H groups in total. The fraction of sp³-hybridized carbons (Fsp3) is 0.417. The van der Waals surface area contributed by atoms with E-state index < -0.39 is 0 Å². The zero-order valence-corrected chi connectivity index (χ0v) is 9.35. The predicted molar refractivity (Wildman–Crippen MR) is 61.8 cm³/mol. The number of aliphatic hydroxyl groups is 1. The minimum atomic E-state index is 0.169. The van der Waals surface area contributed by atoms with E-state index in [9.17, 15) is 0 Å². The summed E-state index contributed by atoms with van der Waals surface area (Å²) in [5, 5.41) is 8.16. The molecule has 0 saturated heterocycles. The van der Waals surface area contributed by atoms with Gasteiger partial charge in [-0.2, -0.15) is 0 Å². The molecular weight excluding hydrogens is 160 g/mol. The Morgan fingerprint density at radius 1 is 1.23 bits per heavy atom. The first kappa shape index (κ1) is 17.9. The molecule has 0 spiro atoms. The van der Waals surface area contributed by atoms with Crippen molar-refractivity contribution in [3.05, 3.63) is 42.7 Å². The summed E-state index contributed by atoms with van der Waals surface area (Å²) in [6, 6.07) is 0. The first-order valence-electron chi connectivity index (χ1n) is 4.12. The first-order valence-corrected chi connectivity index (χ1v) is 4.12. The molecule has 0 aliphatic carbocycles. The van der Waals surface area contributed by atoms with Crippen LogP contribution in [-0.2, 0) is 0 Å². The molecule has 0 radical (unpaired) electrons. The molecule has 0 amide bonds. The summed E-state index contributed by atoms with van der Waals surface area (Å²) in [5.74, 6) is 0. The van der Waals surface area contributed by atoms with Crippen molar-refractivity contribution < 1.29 is 5.11 Å². The van der Waals surface area contributed by atoms with Crippen molar-refractivity contribution >= 4 is 0 Å². The molecule has 0 aliphatic heterocycles. The average molecular weight is 182 g/mol. The Bertz CT molecular complexity index is 164. The van der Waals surface area contributed by atoms with Gasteiger partial charge < -0.3 is 5.11 Å². The van der Waals surface area contributed by atoms with Gasteiger partial charge in [-0.1, -0.05) is 18.2 Å². The molecule has 1 heteroatoms. The predicted octanol–water partition coefficient (Wildman–Crippen LogP) is 3.48. The van der Waals surface area contributed by atoms with Crippen LogP contribution >= 0.6 is 0 Å². The van der Waals surface area contributed by atoms with Gasteiger partial charge in [0.05, 0.1) is 6.61 Å². The summed E-state index contributed by atoms with van der Waals surface area (Å²) < 4.78 is 0. The van der Waals surface area contributed by atoms with E-state index in [1.54, 1.807) is 6.08 Å². The van der Waals surface area contributed by atoms with E-state index in [1.807, 2.05) is 27.7 Å². The standard InChI is InChI=1S/C5H10O.C5H8.C2H4/c1-5(2)3-4-6;1-4-5(2)3;1-2/h3,6H,4H2,1-2H3;1H2,2-3H3;1-2H2. The third-order valence-corrected chi connectivity index (χ3v) is 0.853. The highest BCUT2D eigenvalue weighted by Gasteiger charge is 1.68. The Balaban J connectivity index is -0.000000131. The number of rotatable bonds is 1. The molecule has 0 atom stereocenters. The van der Waals surface area contributed by atoms with Crippen molar-refractivity contribution in [3.63, 3.8) is 0 Å². The average Bonchev–Trinajstić information content (AvgIpc) is 2.09. The van der Waals surface area contributed by atoms with E-state index in [-0.39, 0.29) is 6.61 Å². The maximum atomic E-state index is 8.16. The highest BCUT2D eigenvalue weighted by Crippen LogP contribution is 1.83. The van der Waals surface area contributed by atoms with Crippen LogP contribution in [0.2, 0.25) is 0 Å². The quantitative estimate of drug-likeness (QED) is 0.486. The second kappa shape index (κ2) is 17.2. The van der Waals surface area contributed by atoms with Crippen LogP contribution in [0.3, 0.4) is 0 Å². The Morgan fingerprint density at radius 3 is 1.54 bits per heavy atom. The van der Waals surface area contributed by atoms with Crippen molar-refractivity contribution in [2.75, 3.05) is 6.61 Å². The molecule has 0 bridgehead atoms. The Hall–Kier alpha value is -1.04. The molecule has 0 rings (SSSR count). The molecule has 0 aromatic rings. The Kier molecular flexibility index (Phi) is 23.6. The summed E-state index contributed by atoms with van der Waals surface area (Å²) in [5.41, 5.74) is 5.00. The lowest BCUT2D eigenvalue weighted by atomic mass is 10.3. The van der Waals surface area contributed by atoms with Crippen molar-refractivity contribution in [3.8, 4) is 0 Å². The second-order valence-corrected chi connectivity index (χ2v) is 2.64. The molecular formula is C12H22O. The van der Waals surface area contributed by atoms with Crippen LogP contribution in [0.15, 0.2) is 42.7 Å². The smallest absolute Gasteiger partial charge is 0.0614 e. The van der Waals surface area contributed by atoms with E-state index in [4.69, 9.17) is 5.11 Å². The largest absolute Gasteiger partial charge is 0.392 e. The van der Waals surface area contributed by atoms with E-state index in [2.05, 4.69) is 25.5 Å². The monoisotopic (exact) mass is 182 g/mol. The van der Waals surface area contributed by atoms with Gasteiger partial charge in [0.2, 0.25) is 0 Å². The van der Waals surface area contributed by atoms with Crippen LogP contribution in [0.1, 0.15) is 27.7 Å². The van der Waals surface area contributed by atoms with E-state index in [1.165, 1.54) is 0 Å². The zero-order valence-electron chi connectivity index (χ0n) is 9.35. The third-order valence-electron chi connectivity index (χ3n) is 0.853. The number of hydrogen-bond donors (Lipinski definition) is 1. The van der Waals surface area contributed by atoms with E-state index in [0.29, 0.717) is 0 Å². The van der Waals surface area contributed by atoms with Crippen LogP contribution in [0.5, 0.6) is 0 Å². The van der Waals surface area contributed by atoms with Crippen molar-refractivity contribution in [2.24, 2.45) is 0 Å². The van der Waals surface area contributed by atoms with Gasteiger partial charge in [-0.15, -0.1) is 18.9 Å². The highest BCUT2D eigenvalue weighted by atomic mass is 16.2. The Morgan fingerprint density at radius 2 is 1.54 bits per heavy atom. The summed E-state index contributed by atoms with van der Waals surface area (Å²) in [6.45, 7) is 17.4. The molecule has 1 nitrogen and oxygen atoms in total. The number of hydrogen-bond acceptors (Lipinski definition) is 1. The van der Waals surface area contributed by atoms with Gasteiger partial charge in [0, 0.05) is 0 Å². The normalized spacial score (nSPS) is 6.23. The molecule has 0 aliphatic rings. The molecule has 0 fully saturated rings. The van der Waals surface area contributed by atoms with Crippen LogP contribution in [0, 0.1) is 0 Å². The summed E-state index contributed by atoms with van der Waals surface area (Å²) in [4.78, 5) is 0. The molecule has 0 aromatic heterocycles. The SMILES string of the molecule is C=C.C=C=C(C)C.CC(C)=CCO. The molecule has 0 unspecified atom stereocenters. The minimum Gasteiger partial charge on any atom is -0.392 e. The van der Waals surface area contributed by atoms with Gasteiger partial charge in [0.15, 0.2) is 0 Å². The minimum absolute atomic E-state index is 0.169. The maximum absolute atomic E-state index is 8.16. The fourth-order valence-corrected chi connectivity index (χ4v) is 0.183. The van der Waals surface area contributed by atoms with Gasteiger partial charge in [-0.3, -0.25) is 0 Å². The fourth-order valence-electron chi connectivity index (χ4n) is 0.183. The second-order valence-electron chi connectivity index (χ2n) is 2.64. The molecule has 76 valence electrons. The van der Waals surface area contributed by atoms with Gasteiger partial charge in [-0.05, 0) is 33.3 Å². The summed E-state index contributed by atoms with van der Waals surface area (Å²) >= 11 is 0. The van der Waals surface area contributed by atoms with Crippen molar-refractivity contribution in [1.29, 1.82) is 0 Å². The van der Waals surface area contributed by atoms with Crippen molar-refractivity contribution in [2.45, 2.75) is 27.7 Å². The molecule has 0 saturated carbocycles. The lowest BCUT2D eigenvalue weighted by Crippen LogP contribution is -1.71. The lowest BCUT2D eigenvalue weighted by Gasteiger charge is -1.80. The Labute approximate surface area is 82.8 Å². The van der Waals surface area contributed by atoms with Crippen LogP contribution in [0.25, 0.3) is 0 Å². The topological polar surface area (TPSA) is 20.2 Å².